The van der Waals surface area contributed by atoms with E-state index >= 15 is 0 Å². The molecule has 0 aliphatic heterocycles. The Balaban J connectivity index is 2.00. The fourth-order valence-electron chi connectivity index (χ4n) is 3.85. The lowest BCUT2D eigenvalue weighted by atomic mass is 10.1. The van der Waals surface area contributed by atoms with Crippen LogP contribution in [-0.4, -0.2) is 51.4 Å². The van der Waals surface area contributed by atoms with Crippen LogP contribution in [0.4, 0.5) is 10.1 Å². The molecular formula is C29H34FN3O5S. The van der Waals surface area contributed by atoms with Crippen molar-refractivity contribution in [3.63, 3.8) is 0 Å². The number of para-hydroxylation sites is 1. The molecule has 1 atom stereocenters. The minimum atomic E-state index is -4.33. The van der Waals surface area contributed by atoms with Gasteiger partial charge < -0.3 is 15.0 Å². The van der Waals surface area contributed by atoms with Gasteiger partial charge in [0.05, 0.1) is 17.7 Å². The number of anilines is 1. The van der Waals surface area contributed by atoms with Crippen molar-refractivity contribution >= 4 is 27.5 Å². The van der Waals surface area contributed by atoms with Gasteiger partial charge in [0.1, 0.15) is 24.2 Å². The van der Waals surface area contributed by atoms with Gasteiger partial charge in [0.25, 0.3) is 10.0 Å². The van der Waals surface area contributed by atoms with Crippen molar-refractivity contribution in [2.75, 3.05) is 24.5 Å². The van der Waals surface area contributed by atoms with Crippen molar-refractivity contribution in [2.24, 2.45) is 5.92 Å². The maximum atomic E-state index is 14.9. The molecule has 0 saturated carbocycles. The van der Waals surface area contributed by atoms with Crippen LogP contribution in [0, 0.1) is 11.7 Å². The summed E-state index contributed by atoms with van der Waals surface area (Å²) in [5.41, 5.74) is 0.437. The number of carbonyl (C=O) groups excluding carboxylic acids is 2. The van der Waals surface area contributed by atoms with Crippen molar-refractivity contribution in [3.8, 4) is 5.75 Å². The molecule has 10 heteroatoms. The second-order valence-corrected chi connectivity index (χ2v) is 11.3. The second kappa shape index (κ2) is 13.2. The molecule has 1 unspecified atom stereocenters. The number of halogens is 1. The lowest BCUT2D eigenvalue weighted by Gasteiger charge is -2.32. The highest BCUT2D eigenvalue weighted by molar-refractivity contribution is 7.92. The molecule has 0 aromatic heterocycles. The number of benzene rings is 3. The highest BCUT2D eigenvalue weighted by Gasteiger charge is 2.33. The van der Waals surface area contributed by atoms with Crippen molar-refractivity contribution in [1.29, 1.82) is 0 Å². The van der Waals surface area contributed by atoms with Crippen LogP contribution < -0.4 is 14.4 Å². The zero-order valence-electron chi connectivity index (χ0n) is 22.5. The SMILES string of the molecule is COc1ccc(CN(C(=O)CN(c2ccccc2F)S(=O)(=O)c2ccccc2)C(C)C(=O)NCC(C)C)cc1. The molecule has 0 aliphatic rings. The standard InChI is InChI=1S/C29H34FN3O5S/c1-21(2)18-31-29(35)22(3)32(19-23-14-16-24(38-4)17-15-23)28(34)20-33(27-13-9-8-12-26(27)30)39(36,37)25-10-6-5-7-11-25/h5-17,21-22H,18-20H2,1-4H3,(H,31,35). The van der Waals surface area contributed by atoms with Gasteiger partial charge >= 0.3 is 0 Å². The molecular weight excluding hydrogens is 521 g/mol. The third-order valence-electron chi connectivity index (χ3n) is 6.10. The maximum Gasteiger partial charge on any atom is 0.264 e. The lowest BCUT2D eigenvalue weighted by Crippen LogP contribution is -2.51. The van der Waals surface area contributed by atoms with E-state index in [0.717, 1.165) is 10.4 Å². The molecule has 8 nitrogen and oxygen atoms in total. The third kappa shape index (κ3) is 7.57. The number of nitrogens with one attached hydrogen (secondary N) is 1. The van der Waals surface area contributed by atoms with Gasteiger partial charge in [-0.05, 0) is 54.8 Å². The van der Waals surface area contributed by atoms with Gasteiger partial charge in [0.15, 0.2) is 0 Å². The van der Waals surface area contributed by atoms with Gasteiger partial charge in [-0.25, -0.2) is 12.8 Å². The van der Waals surface area contributed by atoms with Gasteiger partial charge in [-0.3, -0.25) is 13.9 Å². The van der Waals surface area contributed by atoms with E-state index in [1.165, 1.54) is 42.3 Å². The summed E-state index contributed by atoms with van der Waals surface area (Å²) in [6, 6.07) is 18.9. The van der Waals surface area contributed by atoms with Crippen LogP contribution >= 0.6 is 0 Å². The Bertz CT molecular complexity index is 1370. The van der Waals surface area contributed by atoms with Crippen LogP contribution in [0.3, 0.4) is 0 Å². The smallest absolute Gasteiger partial charge is 0.264 e. The molecule has 2 amide bonds. The quantitative estimate of drug-likeness (QED) is 0.361. The molecule has 39 heavy (non-hydrogen) atoms. The van der Waals surface area contributed by atoms with Crippen LogP contribution in [0.1, 0.15) is 26.3 Å². The highest BCUT2D eigenvalue weighted by atomic mass is 32.2. The Kier molecular flexibility index (Phi) is 10.1. The molecule has 3 aromatic carbocycles. The van der Waals surface area contributed by atoms with Crippen molar-refractivity contribution in [3.05, 3.63) is 90.2 Å². The Hall–Kier alpha value is -3.92. The van der Waals surface area contributed by atoms with Gasteiger partial charge in [-0.15, -0.1) is 0 Å². The Morgan fingerprint density at radius 3 is 2.13 bits per heavy atom. The predicted octanol–water partition coefficient (Wildman–Crippen LogP) is 4.22. The van der Waals surface area contributed by atoms with E-state index in [9.17, 15) is 22.4 Å². The first-order chi connectivity index (χ1) is 18.5. The molecule has 3 rings (SSSR count). The second-order valence-electron chi connectivity index (χ2n) is 9.46. The normalized spacial score (nSPS) is 12.1. The van der Waals surface area contributed by atoms with E-state index in [1.54, 1.807) is 49.4 Å². The number of amides is 2. The number of nitrogens with zero attached hydrogens (tertiary/aromatic N) is 2. The summed E-state index contributed by atoms with van der Waals surface area (Å²) in [7, 11) is -2.79. The van der Waals surface area contributed by atoms with Crippen LogP contribution in [-0.2, 0) is 26.2 Å². The third-order valence-corrected chi connectivity index (χ3v) is 7.87. The molecule has 0 aliphatic carbocycles. The van der Waals surface area contributed by atoms with Gasteiger partial charge in [0.2, 0.25) is 11.8 Å². The first-order valence-corrected chi connectivity index (χ1v) is 14.0. The van der Waals surface area contributed by atoms with Crippen LogP contribution in [0.15, 0.2) is 83.8 Å². The van der Waals surface area contributed by atoms with E-state index in [-0.39, 0.29) is 29.0 Å². The Labute approximate surface area is 229 Å². The van der Waals surface area contributed by atoms with Crippen LogP contribution in [0.2, 0.25) is 0 Å². The Morgan fingerprint density at radius 2 is 1.54 bits per heavy atom. The molecule has 1 N–H and O–H groups in total. The summed E-state index contributed by atoms with van der Waals surface area (Å²) >= 11 is 0. The zero-order valence-corrected chi connectivity index (χ0v) is 23.3. The van der Waals surface area contributed by atoms with E-state index in [4.69, 9.17) is 4.74 Å². The van der Waals surface area contributed by atoms with Crippen molar-refractivity contribution in [2.45, 2.75) is 38.3 Å². The molecule has 0 radical (unpaired) electrons. The number of hydrogen-bond donors (Lipinski definition) is 1. The predicted molar refractivity (Wildman–Crippen MR) is 148 cm³/mol. The van der Waals surface area contributed by atoms with Crippen LogP contribution in [0.5, 0.6) is 5.75 Å². The summed E-state index contributed by atoms with van der Waals surface area (Å²) in [5.74, 6) is -1.03. The summed E-state index contributed by atoms with van der Waals surface area (Å²) in [6.07, 6.45) is 0. The molecule has 0 heterocycles. The number of hydrogen-bond acceptors (Lipinski definition) is 5. The summed E-state index contributed by atoms with van der Waals surface area (Å²) in [6.45, 7) is 5.21. The number of rotatable bonds is 12. The number of ether oxygens (including phenoxy) is 1. The summed E-state index contributed by atoms with van der Waals surface area (Å²) < 4.78 is 48.2. The van der Waals surface area contributed by atoms with Gasteiger partial charge in [-0.1, -0.05) is 56.3 Å². The first-order valence-electron chi connectivity index (χ1n) is 12.6. The van der Waals surface area contributed by atoms with E-state index in [0.29, 0.717) is 17.9 Å². The number of methoxy groups -OCH3 is 1. The van der Waals surface area contributed by atoms with Crippen molar-refractivity contribution in [1.82, 2.24) is 10.2 Å². The van der Waals surface area contributed by atoms with Gasteiger partial charge in [-0.2, -0.15) is 0 Å². The monoisotopic (exact) mass is 555 g/mol. The van der Waals surface area contributed by atoms with Gasteiger partial charge in [0, 0.05) is 13.1 Å². The maximum absolute atomic E-state index is 14.9. The molecule has 0 fully saturated rings. The fraction of sp³-hybridized carbons (Fsp3) is 0.310. The molecule has 0 saturated heterocycles. The largest absolute Gasteiger partial charge is 0.497 e. The minimum Gasteiger partial charge on any atom is -0.497 e. The lowest BCUT2D eigenvalue weighted by molar-refractivity contribution is -0.139. The average Bonchev–Trinajstić information content (AvgIpc) is 2.94. The topological polar surface area (TPSA) is 96.0 Å². The van der Waals surface area contributed by atoms with E-state index in [1.807, 2.05) is 13.8 Å². The van der Waals surface area contributed by atoms with E-state index in [2.05, 4.69) is 5.32 Å². The number of carbonyl (C=O) groups is 2. The average molecular weight is 556 g/mol. The highest BCUT2D eigenvalue weighted by Crippen LogP contribution is 2.27. The molecule has 208 valence electrons. The zero-order chi connectivity index (χ0) is 28.6. The first kappa shape index (κ1) is 29.6. The van der Waals surface area contributed by atoms with Crippen LogP contribution in [0.25, 0.3) is 0 Å². The summed E-state index contributed by atoms with van der Waals surface area (Å²) in [5, 5.41) is 2.83. The van der Waals surface area contributed by atoms with E-state index < -0.39 is 34.3 Å². The molecule has 0 spiro atoms. The molecule has 0 bridgehead atoms. The minimum absolute atomic E-state index is 0.0234. The number of sulfonamides is 1. The summed E-state index contributed by atoms with van der Waals surface area (Å²) in [4.78, 5) is 28.0. The fourth-order valence-corrected chi connectivity index (χ4v) is 5.29. The molecule has 3 aromatic rings. The Morgan fingerprint density at radius 1 is 0.923 bits per heavy atom. The van der Waals surface area contributed by atoms with Crippen molar-refractivity contribution < 1.29 is 27.1 Å².